The number of carbonyl (C=O) groups is 4. The van der Waals surface area contributed by atoms with Crippen LogP contribution < -0.4 is 0 Å². The number of ether oxygens (including phenoxy) is 1. The topological polar surface area (TPSA) is 84.0 Å². The summed E-state index contributed by atoms with van der Waals surface area (Å²) in [6.45, 7) is 1.45. The SMILES string of the molecule is O=C(O[C@@H]1CCCCN(C(=O)c2ccc(F)cc2)C1=O)c1ccc(CN2CCCC2=O)cc1. The van der Waals surface area contributed by atoms with E-state index in [1.807, 2.05) is 0 Å². The molecule has 0 aromatic heterocycles. The molecule has 2 aromatic rings. The maximum atomic E-state index is 13.2. The predicted molar refractivity (Wildman–Crippen MR) is 117 cm³/mol. The van der Waals surface area contributed by atoms with Gasteiger partial charge in [0.15, 0.2) is 6.10 Å². The van der Waals surface area contributed by atoms with Crippen molar-refractivity contribution < 1.29 is 28.3 Å². The van der Waals surface area contributed by atoms with Gasteiger partial charge in [0.2, 0.25) is 5.91 Å². The van der Waals surface area contributed by atoms with Crippen molar-refractivity contribution in [2.75, 3.05) is 13.1 Å². The minimum absolute atomic E-state index is 0.130. The van der Waals surface area contributed by atoms with E-state index in [1.54, 1.807) is 29.2 Å². The molecule has 2 aliphatic rings. The third-order valence-electron chi connectivity index (χ3n) is 5.96. The normalized spacial score (nSPS) is 18.9. The molecule has 0 spiro atoms. The molecule has 0 aliphatic carbocycles. The lowest BCUT2D eigenvalue weighted by Crippen LogP contribution is -2.43. The summed E-state index contributed by atoms with van der Waals surface area (Å²) in [6, 6.07) is 11.7. The monoisotopic (exact) mass is 452 g/mol. The van der Waals surface area contributed by atoms with E-state index < -0.39 is 29.7 Å². The van der Waals surface area contributed by atoms with Crippen molar-refractivity contribution >= 4 is 23.7 Å². The van der Waals surface area contributed by atoms with E-state index in [2.05, 4.69) is 0 Å². The first-order chi connectivity index (χ1) is 15.9. The Balaban J connectivity index is 1.41. The maximum Gasteiger partial charge on any atom is 0.338 e. The number of nitrogens with zero attached hydrogens (tertiary/aromatic N) is 2. The Hall–Kier alpha value is -3.55. The lowest BCUT2D eigenvalue weighted by molar-refractivity contribution is -0.137. The van der Waals surface area contributed by atoms with E-state index in [0.717, 1.165) is 35.6 Å². The minimum atomic E-state index is -1.06. The Morgan fingerprint density at radius 1 is 0.909 bits per heavy atom. The molecule has 2 fully saturated rings. The largest absolute Gasteiger partial charge is 0.449 e. The Bertz CT molecular complexity index is 1050. The van der Waals surface area contributed by atoms with Gasteiger partial charge in [-0.3, -0.25) is 19.3 Å². The number of halogens is 1. The molecule has 2 heterocycles. The van der Waals surface area contributed by atoms with E-state index in [-0.39, 0.29) is 18.0 Å². The molecule has 0 unspecified atom stereocenters. The Morgan fingerprint density at radius 3 is 2.27 bits per heavy atom. The van der Waals surface area contributed by atoms with Crippen molar-refractivity contribution in [2.45, 2.75) is 44.8 Å². The van der Waals surface area contributed by atoms with Crippen molar-refractivity contribution in [3.05, 3.63) is 71.0 Å². The molecule has 2 saturated heterocycles. The fraction of sp³-hybridized carbons (Fsp3) is 0.360. The van der Waals surface area contributed by atoms with Crippen LogP contribution in [0.4, 0.5) is 4.39 Å². The van der Waals surface area contributed by atoms with Crippen molar-refractivity contribution in [3.8, 4) is 0 Å². The van der Waals surface area contributed by atoms with Crippen molar-refractivity contribution in [2.24, 2.45) is 0 Å². The van der Waals surface area contributed by atoms with Gasteiger partial charge in [-0.15, -0.1) is 0 Å². The lowest BCUT2D eigenvalue weighted by atomic mass is 10.1. The zero-order chi connectivity index (χ0) is 23.4. The quantitative estimate of drug-likeness (QED) is 0.513. The fourth-order valence-corrected chi connectivity index (χ4v) is 4.10. The van der Waals surface area contributed by atoms with Crippen molar-refractivity contribution in [3.63, 3.8) is 0 Å². The van der Waals surface area contributed by atoms with Gasteiger partial charge in [-0.2, -0.15) is 0 Å². The van der Waals surface area contributed by atoms with Crippen LogP contribution >= 0.6 is 0 Å². The van der Waals surface area contributed by atoms with Gasteiger partial charge in [-0.1, -0.05) is 12.1 Å². The fourth-order valence-electron chi connectivity index (χ4n) is 4.10. The van der Waals surface area contributed by atoms with Crippen LogP contribution in [0.2, 0.25) is 0 Å². The maximum absolute atomic E-state index is 13.2. The highest BCUT2D eigenvalue weighted by molar-refractivity contribution is 6.06. The number of carbonyl (C=O) groups excluding carboxylic acids is 4. The van der Waals surface area contributed by atoms with Crippen LogP contribution in [-0.4, -0.2) is 52.7 Å². The van der Waals surface area contributed by atoms with E-state index in [1.165, 1.54) is 12.1 Å². The highest BCUT2D eigenvalue weighted by Gasteiger charge is 2.34. The molecule has 0 saturated carbocycles. The summed E-state index contributed by atoms with van der Waals surface area (Å²) in [4.78, 5) is 53.1. The number of hydrogen-bond acceptors (Lipinski definition) is 5. The first kappa shape index (κ1) is 22.6. The van der Waals surface area contributed by atoms with Crippen LogP contribution in [0, 0.1) is 5.82 Å². The molecule has 4 rings (SSSR count). The highest BCUT2D eigenvalue weighted by atomic mass is 19.1. The Morgan fingerprint density at radius 2 is 1.61 bits per heavy atom. The number of likely N-dealkylation sites (tertiary alicyclic amines) is 2. The number of rotatable bonds is 5. The van der Waals surface area contributed by atoms with Crippen LogP contribution in [0.15, 0.2) is 48.5 Å². The first-order valence-corrected chi connectivity index (χ1v) is 11.1. The summed E-state index contributed by atoms with van der Waals surface area (Å²) >= 11 is 0. The van der Waals surface area contributed by atoms with Gasteiger partial charge in [0.25, 0.3) is 11.8 Å². The molecule has 8 heteroatoms. The highest BCUT2D eigenvalue weighted by Crippen LogP contribution is 2.20. The second kappa shape index (κ2) is 9.94. The van der Waals surface area contributed by atoms with Crippen molar-refractivity contribution in [1.29, 1.82) is 0 Å². The molecule has 33 heavy (non-hydrogen) atoms. The minimum Gasteiger partial charge on any atom is -0.449 e. The number of amides is 3. The molecule has 0 radical (unpaired) electrons. The molecule has 0 N–H and O–H groups in total. The Labute approximate surface area is 191 Å². The molecular formula is C25H25FN2O5. The van der Waals surface area contributed by atoms with Gasteiger partial charge in [0.1, 0.15) is 5.82 Å². The Kier molecular flexibility index (Phi) is 6.82. The van der Waals surface area contributed by atoms with E-state index in [4.69, 9.17) is 4.74 Å². The van der Waals surface area contributed by atoms with Crippen LogP contribution in [0.3, 0.4) is 0 Å². The summed E-state index contributed by atoms with van der Waals surface area (Å²) in [5.41, 5.74) is 1.40. The zero-order valence-corrected chi connectivity index (χ0v) is 18.2. The summed E-state index contributed by atoms with van der Waals surface area (Å²) < 4.78 is 18.7. The van der Waals surface area contributed by atoms with Gasteiger partial charge in [-0.05, 0) is 67.6 Å². The average molecular weight is 452 g/mol. The van der Waals surface area contributed by atoms with Gasteiger partial charge in [-0.25, -0.2) is 9.18 Å². The number of esters is 1. The third kappa shape index (κ3) is 5.27. The molecule has 7 nitrogen and oxygen atoms in total. The van der Waals surface area contributed by atoms with Gasteiger partial charge in [0.05, 0.1) is 5.56 Å². The van der Waals surface area contributed by atoms with Crippen molar-refractivity contribution in [1.82, 2.24) is 9.80 Å². The van der Waals surface area contributed by atoms with Crippen LogP contribution in [0.1, 0.15) is 58.4 Å². The summed E-state index contributed by atoms with van der Waals surface area (Å²) in [7, 11) is 0. The average Bonchev–Trinajstić information content (AvgIpc) is 3.13. The smallest absolute Gasteiger partial charge is 0.338 e. The van der Waals surface area contributed by atoms with Gasteiger partial charge in [0, 0.05) is 31.6 Å². The summed E-state index contributed by atoms with van der Waals surface area (Å²) in [5.74, 6) is -2.10. The summed E-state index contributed by atoms with van der Waals surface area (Å²) in [5, 5.41) is 0. The molecular weight excluding hydrogens is 427 g/mol. The van der Waals surface area contributed by atoms with E-state index in [9.17, 15) is 23.6 Å². The standard InChI is InChI=1S/C25H25FN2O5/c26-20-12-10-18(11-13-20)23(30)28-15-2-1-4-21(24(28)31)33-25(32)19-8-6-17(7-9-19)16-27-14-3-5-22(27)29/h6-13,21H,1-5,14-16H2/t21-/m1/s1. The van der Waals surface area contributed by atoms with E-state index >= 15 is 0 Å². The lowest BCUT2D eigenvalue weighted by Gasteiger charge is -2.23. The molecule has 1 atom stereocenters. The number of imide groups is 1. The first-order valence-electron chi connectivity index (χ1n) is 11.1. The van der Waals surface area contributed by atoms with E-state index in [0.29, 0.717) is 37.8 Å². The van der Waals surface area contributed by atoms with Gasteiger partial charge >= 0.3 is 5.97 Å². The van der Waals surface area contributed by atoms with Gasteiger partial charge < -0.3 is 9.64 Å². The number of hydrogen-bond donors (Lipinski definition) is 0. The van der Waals surface area contributed by atoms with Crippen LogP contribution in [0.25, 0.3) is 0 Å². The second-order valence-corrected chi connectivity index (χ2v) is 8.31. The molecule has 3 amide bonds. The second-order valence-electron chi connectivity index (χ2n) is 8.31. The summed E-state index contributed by atoms with van der Waals surface area (Å²) in [6.07, 6.45) is 1.91. The van der Waals surface area contributed by atoms with Crippen LogP contribution in [0.5, 0.6) is 0 Å². The molecule has 0 bridgehead atoms. The zero-order valence-electron chi connectivity index (χ0n) is 18.2. The molecule has 2 aromatic carbocycles. The predicted octanol–water partition coefficient (Wildman–Crippen LogP) is 3.33. The molecule has 172 valence electrons. The van der Waals surface area contributed by atoms with Crippen LogP contribution in [-0.2, 0) is 20.9 Å². The number of benzene rings is 2. The third-order valence-corrected chi connectivity index (χ3v) is 5.96. The molecule has 2 aliphatic heterocycles.